The molecule has 4 rings (SSSR count). The molecule has 9 heteroatoms. The fourth-order valence-electron chi connectivity index (χ4n) is 3.35. The number of carbonyl (C=O) groups excluding carboxylic acids is 2. The highest BCUT2D eigenvalue weighted by Crippen LogP contribution is 2.34. The molecule has 6 nitrogen and oxygen atoms in total. The Bertz CT molecular complexity index is 1340. The molecule has 2 aromatic carbocycles. The first-order valence-electron chi connectivity index (χ1n) is 9.45. The van der Waals surface area contributed by atoms with Crippen molar-refractivity contribution in [3.63, 3.8) is 0 Å². The van der Waals surface area contributed by atoms with Gasteiger partial charge in [-0.1, -0.05) is 35.3 Å². The molecular formula is C23H16Cl2FN3O3. The minimum Gasteiger partial charge on any atom is -0.497 e. The summed E-state index contributed by atoms with van der Waals surface area (Å²) in [6, 6.07) is 14.0. The molecule has 0 bridgehead atoms. The lowest BCUT2D eigenvalue weighted by Gasteiger charge is -2.08. The van der Waals surface area contributed by atoms with Gasteiger partial charge in [-0.15, -0.1) is 0 Å². The second-order valence-corrected chi connectivity index (χ2v) is 7.66. The number of ketones is 1. The van der Waals surface area contributed by atoms with Crippen molar-refractivity contribution in [3.8, 4) is 5.75 Å². The minimum atomic E-state index is -0.877. The molecular weight excluding hydrogens is 456 g/mol. The van der Waals surface area contributed by atoms with Crippen molar-refractivity contribution < 1.29 is 18.7 Å². The Kier molecular flexibility index (Phi) is 6.12. The molecule has 0 radical (unpaired) electrons. The number of halogens is 3. The van der Waals surface area contributed by atoms with Gasteiger partial charge in [0.25, 0.3) is 11.7 Å². The summed E-state index contributed by atoms with van der Waals surface area (Å²) < 4.78 is 20.3. The quantitative estimate of drug-likeness (QED) is 0.233. The standard InChI is InChI=1S/C23H16Cl2FN3O3/c1-32-16-6-7-18-17(11-16)20(21(30)23(31)28-15-8-9-27-19(24)10-15)22(25)29(18)12-13-2-4-14(26)5-3-13/h2-11H,12H2,1H3,(H,27,28,31). The van der Waals surface area contributed by atoms with Crippen molar-refractivity contribution >= 4 is 51.5 Å². The number of rotatable bonds is 6. The molecule has 2 aromatic heterocycles. The largest absolute Gasteiger partial charge is 0.497 e. The van der Waals surface area contributed by atoms with E-state index in [0.29, 0.717) is 22.3 Å². The summed E-state index contributed by atoms with van der Waals surface area (Å²) in [6.45, 7) is 0.275. The maximum Gasteiger partial charge on any atom is 0.296 e. The molecule has 0 atom stereocenters. The van der Waals surface area contributed by atoms with Crippen LogP contribution in [0.3, 0.4) is 0 Å². The van der Waals surface area contributed by atoms with Crippen LogP contribution in [0.25, 0.3) is 10.9 Å². The maximum atomic E-state index is 13.3. The lowest BCUT2D eigenvalue weighted by Crippen LogP contribution is -2.23. The van der Waals surface area contributed by atoms with E-state index in [9.17, 15) is 14.0 Å². The minimum absolute atomic E-state index is 0.0420. The van der Waals surface area contributed by atoms with E-state index in [2.05, 4.69) is 10.3 Å². The summed E-state index contributed by atoms with van der Waals surface area (Å²) in [5, 5.41) is 3.24. The summed E-state index contributed by atoms with van der Waals surface area (Å²) >= 11 is 12.5. The molecule has 0 spiro atoms. The lowest BCUT2D eigenvalue weighted by atomic mass is 10.1. The van der Waals surface area contributed by atoms with Gasteiger partial charge in [0.2, 0.25) is 0 Å². The second-order valence-electron chi connectivity index (χ2n) is 6.91. The molecule has 0 saturated heterocycles. The van der Waals surface area contributed by atoms with E-state index >= 15 is 0 Å². The molecule has 4 aromatic rings. The number of aromatic nitrogens is 2. The summed E-state index contributed by atoms with van der Waals surface area (Å²) in [5.41, 5.74) is 1.77. The number of carbonyl (C=O) groups is 2. The van der Waals surface area contributed by atoms with Gasteiger partial charge in [0.05, 0.1) is 18.2 Å². The van der Waals surface area contributed by atoms with Crippen molar-refractivity contribution in [1.29, 1.82) is 0 Å². The molecule has 0 aliphatic heterocycles. The number of nitrogens with one attached hydrogen (secondary N) is 1. The Morgan fingerprint density at radius 3 is 2.53 bits per heavy atom. The number of pyridine rings is 1. The number of hydrogen-bond acceptors (Lipinski definition) is 4. The molecule has 0 unspecified atom stereocenters. The van der Waals surface area contributed by atoms with E-state index in [1.165, 1.54) is 37.6 Å². The molecule has 0 aliphatic carbocycles. The first-order chi connectivity index (χ1) is 15.4. The van der Waals surface area contributed by atoms with E-state index in [1.807, 2.05) is 0 Å². The Morgan fingerprint density at radius 1 is 1.09 bits per heavy atom. The van der Waals surface area contributed by atoms with Crippen molar-refractivity contribution in [2.75, 3.05) is 12.4 Å². The number of anilines is 1. The lowest BCUT2D eigenvalue weighted by molar-refractivity contribution is -0.112. The van der Waals surface area contributed by atoms with Crippen LogP contribution in [0.2, 0.25) is 10.3 Å². The molecule has 32 heavy (non-hydrogen) atoms. The zero-order valence-electron chi connectivity index (χ0n) is 16.7. The summed E-state index contributed by atoms with van der Waals surface area (Å²) in [7, 11) is 1.50. The third kappa shape index (κ3) is 4.30. The number of Topliss-reactive ketones (excluding diaryl/α,β-unsaturated/α-hetero) is 1. The molecule has 162 valence electrons. The van der Waals surface area contributed by atoms with Crippen LogP contribution < -0.4 is 10.1 Å². The number of ether oxygens (including phenoxy) is 1. The highest BCUT2D eigenvalue weighted by Gasteiger charge is 2.27. The summed E-state index contributed by atoms with van der Waals surface area (Å²) in [4.78, 5) is 29.7. The van der Waals surface area contributed by atoms with Crippen LogP contribution in [-0.2, 0) is 11.3 Å². The smallest absolute Gasteiger partial charge is 0.296 e. The third-order valence-electron chi connectivity index (χ3n) is 4.88. The Balaban J connectivity index is 1.77. The highest BCUT2D eigenvalue weighted by molar-refractivity contribution is 6.52. The number of fused-ring (bicyclic) bond motifs is 1. The molecule has 0 fully saturated rings. The third-order valence-corrected chi connectivity index (χ3v) is 5.48. The first kappa shape index (κ1) is 21.8. The topological polar surface area (TPSA) is 73.2 Å². The highest BCUT2D eigenvalue weighted by atomic mass is 35.5. The normalized spacial score (nSPS) is 10.9. The molecule has 1 N–H and O–H groups in total. The zero-order valence-corrected chi connectivity index (χ0v) is 18.2. The van der Waals surface area contributed by atoms with Crippen LogP contribution in [0, 0.1) is 5.82 Å². The average Bonchev–Trinajstić information content (AvgIpc) is 3.05. The average molecular weight is 472 g/mol. The summed E-state index contributed by atoms with van der Waals surface area (Å²) in [6.07, 6.45) is 1.41. The predicted molar refractivity (Wildman–Crippen MR) is 121 cm³/mol. The molecule has 0 aliphatic rings. The van der Waals surface area contributed by atoms with Gasteiger partial charge in [-0.2, -0.15) is 0 Å². The van der Waals surface area contributed by atoms with Crippen molar-refractivity contribution in [2.45, 2.75) is 6.54 Å². The molecule has 2 heterocycles. The predicted octanol–water partition coefficient (Wildman–Crippen LogP) is 5.36. The summed E-state index contributed by atoms with van der Waals surface area (Å²) in [5.74, 6) is -1.55. The van der Waals surface area contributed by atoms with Gasteiger partial charge in [-0.25, -0.2) is 9.37 Å². The van der Waals surface area contributed by atoms with E-state index in [1.54, 1.807) is 34.9 Å². The van der Waals surface area contributed by atoms with Crippen LogP contribution in [0.15, 0.2) is 60.8 Å². The van der Waals surface area contributed by atoms with Gasteiger partial charge in [0.1, 0.15) is 21.9 Å². The van der Waals surface area contributed by atoms with Gasteiger partial charge in [0.15, 0.2) is 0 Å². The SMILES string of the molecule is COc1ccc2c(c1)c(C(=O)C(=O)Nc1ccnc(Cl)c1)c(Cl)n2Cc1ccc(F)cc1. The number of nitrogens with zero attached hydrogens (tertiary/aromatic N) is 2. The Hall–Kier alpha value is -3.42. The van der Waals surface area contributed by atoms with Crippen LogP contribution in [-0.4, -0.2) is 28.4 Å². The number of hydrogen-bond donors (Lipinski definition) is 1. The van der Waals surface area contributed by atoms with Gasteiger partial charge in [0, 0.05) is 23.8 Å². The molecule has 1 amide bonds. The van der Waals surface area contributed by atoms with Crippen LogP contribution in [0.5, 0.6) is 5.75 Å². The van der Waals surface area contributed by atoms with Gasteiger partial charge in [-0.3, -0.25) is 9.59 Å². The maximum absolute atomic E-state index is 13.3. The van der Waals surface area contributed by atoms with Gasteiger partial charge in [-0.05, 0) is 48.0 Å². The van der Waals surface area contributed by atoms with E-state index in [0.717, 1.165) is 5.56 Å². The molecule has 0 saturated carbocycles. The number of methoxy groups -OCH3 is 1. The fraction of sp³-hybridized carbons (Fsp3) is 0.0870. The van der Waals surface area contributed by atoms with Crippen LogP contribution in [0.4, 0.5) is 10.1 Å². The van der Waals surface area contributed by atoms with Crippen LogP contribution in [0.1, 0.15) is 15.9 Å². The Morgan fingerprint density at radius 2 is 1.84 bits per heavy atom. The van der Waals surface area contributed by atoms with Crippen molar-refractivity contribution in [1.82, 2.24) is 9.55 Å². The Labute approximate surface area is 192 Å². The number of benzene rings is 2. The van der Waals surface area contributed by atoms with Crippen molar-refractivity contribution in [2.24, 2.45) is 0 Å². The fourth-order valence-corrected chi connectivity index (χ4v) is 3.87. The van der Waals surface area contributed by atoms with E-state index < -0.39 is 11.7 Å². The van der Waals surface area contributed by atoms with Crippen LogP contribution >= 0.6 is 23.2 Å². The monoisotopic (exact) mass is 471 g/mol. The second kappa shape index (κ2) is 8.98. The first-order valence-corrected chi connectivity index (χ1v) is 10.2. The van der Waals surface area contributed by atoms with Gasteiger partial charge < -0.3 is 14.6 Å². The van der Waals surface area contributed by atoms with E-state index in [4.69, 9.17) is 27.9 Å². The van der Waals surface area contributed by atoms with E-state index in [-0.39, 0.29) is 28.2 Å². The zero-order chi connectivity index (χ0) is 22.8. The van der Waals surface area contributed by atoms with Gasteiger partial charge >= 0.3 is 0 Å². The number of amides is 1. The van der Waals surface area contributed by atoms with Crippen molar-refractivity contribution in [3.05, 3.63) is 88.0 Å².